The highest BCUT2D eigenvalue weighted by molar-refractivity contribution is 8.00. The lowest BCUT2D eigenvalue weighted by atomic mass is 9.96. The maximum absolute atomic E-state index is 14.1. The lowest BCUT2D eigenvalue weighted by molar-refractivity contribution is -0.155. The molecule has 12 nitrogen and oxygen atoms in total. The summed E-state index contributed by atoms with van der Waals surface area (Å²) in [7, 11) is 0. The maximum Gasteiger partial charge on any atom is 0.409 e. The number of nitrogens with two attached hydrogens (primary N) is 2. The molecule has 0 bridgehead atoms. The molecule has 3 atom stereocenters. The molecule has 6 rings (SSSR count). The van der Waals surface area contributed by atoms with Gasteiger partial charge in [0.15, 0.2) is 16.9 Å². The second kappa shape index (κ2) is 13.9. The van der Waals surface area contributed by atoms with Gasteiger partial charge in [0, 0.05) is 17.2 Å². The van der Waals surface area contributed by atoms with E-state index in [4.69, 9.17) is 32.5 Å². The first-order valence-corrected chi connectivity index (χ1v) is 18.0. The van der Waals surface area contributed by atoms with Crippen molar-refractivity contribution in [1.82, 2.24) is 20.5 Å². The third kappa shape index (κ3) is 7.01. The van der Waals surface area contributed by atoms with Crippen molar-refractivity contribution in [3.05, 3.63) is 107 Å². The minimum absolute atomic E-state index is 0.0113. The fourth-order valence-corrected chi connectivity index (χ4v) is 8.14. The first kappa shape index (κ1) is 35.2. The van der Waals surface area contributed by atoms with Crippen LogP contribution in [0.5, 0.6) is 0 Å². The van der Waals surface area contributed by atoms with Crippen molar-refractivity contribution in [3.63, 3.8) is 0 Å². The first-order chi connectivity index (χ1) is 23.8. The number of nitrogen functional groups attached to an aromatic ring is 1. The van der Waals surface area contributed by atoms with E-state index in [-0.39, 0.29) is 17.1 Å². The summed E-state index contributed by atoms with van der Waals surface area (Å²) in [5, 5.41) is 4.86. The first-order valence-electron chi connectivity index (χ1n) is 15.6. The summed E-state index contributed by atoms with van der Waals surface area (Å²) in [5.41, 5.74) is 12.4. The van der Waals surface area contributed by atoms with E-state index < -0.39 is 52.7 Å². The fourth-order valence-electron chi connectivity index (χ4n) is 5.69. The number of hydrogen-bond acceptors (Lipinski definition) is 11. The number of alkyl carbamates (subject to hydrolysis) is 1. The molecule has 0 aliphatic carbocycles. The number of alkyl halides is 1. The largest absolute Gasteiger partial charge is 0.448 e. The van der Waals surface area contributed by atoms with E-state index in [1.807, 2.05) is 60.7 Å². The predicted octanol–water partition coefficient (Wildman–Crippen LogP) is 4.74. The van der Waals surface area contributed by atoms with Crippen LogP contribution in [0.25, 0.3) is 10.2 Å². The van der Waals surface area contributed by atoms with Crippen molar-refractivity contribution in [3.8, 4) is 0 Å². The number of esters is 1. The molecule has 2 aliphatic heterocycles. The lowest BCUT2D eigenvalue weighted by Gasteiger charge is -2.50. The number of amides is 3. The number of carbonyl (C=O) groups is 4. The van der Waals surface area contributed by atoms with Gasteiger partial charge in [0.25, 0.3) is 11.8 Å². The number of halogens is 1. The van der Waals surface area contributed by atoms with Crippen LogP contribution >= 0.6 is 34.7 Å². The topological polar surface area (TPSA) is 179 Å². The van der Waals surface area contributed by atoms with Gasteiger partial charge in [-0.1, -0.05) is 78.1 Å². The van der Waals surface area contributed by atoms with Gasteiger partial charge in [-0.2, -0.15) is 0 Å². The van der Waals surface area contributed by atoms with E-state index >= 15 is 0 Å². The molecule has 0 saturated carbocycles. The van der Waals surface area contributed by atoms with Crippen LogP contribution < -0.4 is 22.1 Å². The third-order valence-electron chi connectivity index (χ3n) is 8.03. The molecule has 260 valence electrons. The van der Waals surface area contributed by atoms with Crippen molar-refractivity contribution < 1.29 is 28.7 Å². The van der Waals surface area contributed by atoms with Crippen LogP contribution in [-0.4, -0.2) is 62.4 Å². The van der Waals surface area contributed by atoms with Gasteiger partial charge in [-0.3, -0.25) is 25.5 Å². The Morgan fingerprint density at radius 3 is 2.28 bits per heavy atom. The van der Waals surface area contributed by atoms with Crippen LogP contribution in [0.3, 0.4) is 0 Å². The van der Waals surface area contributed by atoms with Crippen molar-refractivity contribution in [2.24, 2.45) is 5.73 Å². The second-order valence-electron chi connectivity index (χ2n) is 12.7. The van der Waals surface area contributed by atoms with Gasteiger partial charge >= 0.3 is 12.1 Å². The summed E-state index contributed by atoms with van der Waals surface area (Å²) in [6.45, 7) is 5.02. The predicted molar refractivity (Wildman–Crippen MR) is 193 cm³/mol. The number of benzene rings is 3. The molecule has 4 aromatic rings. The van der Waals surface area contributed by atoms with E-state index in [1.165, 1.54) is 28.0 Å². The zero-order valence-electron chi connectivity index (χ0n) is 27.3. The summed E-state index contributed by atoms with van der Waals surface area (Å²) in [5.74, 6) is -1.86. The van der Waals surface area contributed by atoms with E-state index in [2.05, 4.69) is 15.6 Å². The fraction of sp³-hybridized carbons (Fsp3) is 0.286. The average molecular weight is 735 g/mol. The molecular formula is C35H35ClN6O6S2. The molecule has 3 amide bonds. The number of nitrogens with zero attached hydrogens (tertiary/aromatic N) is 2. The second-order valence-corrected chi connectivity index (χ2v) is 15.2. The smallest absolute Gasteiger partial charge is 0.409 e. The Morgan fingerprint density at radius 1 is 1.04 bits per heavy atom. The van der Waals surface area contributed by atoms with Gasteiger partial charge < -0.3 is 20.5 Å². The van der Waals surface area contributed by atoms with Crippen LogP contribution in [0.2, 0.25) is 0 Å². The number of β-lactam (4-membered cyclic amide) rings is 1. The number of thioether (sulfide) groups is 1. The third-order valence-corrected chi connectivity index (χ3v) is 10.5. The minimum atomic E-state index is -2.17. The Balaban J connectivity index is 1.26. The van der Waals surface area contributed by atoms with Gasteiger partial charge in [-0.15, -0.1) is 23.4 Å². The van der Waals surface area contributed by atoms with Crippen LogP contribution in [0.15, 0.2) is 90.1 Å². The molecular weight excluding hydrogens is 700 g/mol. The number of thiazole rings is 1. The normalized spacial score (nSPS) is 18.6. The van der Waals surface area contributed by atoms with Gasteiger partial charge in [-0.05, 0) is 49.6 Å². The van der Waals surface area contributed by atoms with Crippen molar-refractivity contribution in [2.75, 3.05) is 17.4 Å². The summed E-state index contributed by atoms with van der Waals surface area (Å²) < 4.78 is 12.2. The number of anilines is 1. The highest BCUT2D eigenvalue weighted by atomic mass is 35.5. The summed E-state index contributed by atoms with van der Waals surface area (Å²) in [6, 6.07) is 22.2. The molecule has 3 heterocycles. The maximum atomic E-state index is 14.1. The van der Waals surface area contributed by atoms with E-state index in [9.17, 15) is 19.2 Å². The number of carbonyl (C=O) groups excluding carboxylic acids is 4. The Bertz CT molecular complexity index is 1950. The van der Waals surface area contributed by atoms with Crippen LogP contribution in [-0.2, 0) is 29.5 Å². The van der Waals surface area contributed by atoms with Crippen molar-refractivity contribution in [2.45, 2.75) is 49.6 Å². The van der Waals surface area contributed by atoms with Gasteiger partial charge in [0.1, 0.15) is 22.7 Å². The Kier molecular flexibility index (Phi) is 9.82. The number of nitrogens with one attached hydrogen (secondary N) is 2. The van der Waals surface area contributed by atoms with E-state index in [1.54, 1.807) is 39.0 Å². The number of rotatable bonds is 9. The number of aromatic nitrogens is 1. The SMILES string of the molecule is CC(C)(C)OC(=O)NC(N)(C(=O)NC1C(=O)N2C(C(=O)OC(c3ccccc3)c3ccccc3)=C(CCl)CSC12)c1ccc2nc(N)sc2c1. The number of ether oxygens (including phenoxy) is 2. The average Bonchev–Trinajstić information content (AvgIpc) is 3.47. The molecule has 1 saturated heterocycles. The molecule has 1 fully saturated rings. The standard InChI is InChI=1S/C35H35ClN6O6S2/c1-34(2,3)48-33(46)41-35(38,22-14-15-23-24(16-22)50-32(37)39-23)31(45)40-25-28(43)42-26(21(17-36)18-49-29(25)42)30(44)47-27(19-10-6-4-7-11-19)20-12-8-5-9-13-20/h4-16,25,27,29H,17-18,38H2,1-3H3,(H2,37,39)(H,40,45)(H,41,46). The molecule has 3 unspecified atom stereocenters. The Labute approximate surface area is 301 Å². The monoisotopic (exact) mass is 734 g/mol. The molecule has 3 aromatic carbocycles. The molecule has 0 radical (unpaired) electrons. The molecule has 50 heavy (non-hydrogen) atoms. The summed E-state index contributed by atoms with van der Waals surface area (Å²) in [4.78, 5) is 60.4. The van der Waals surface area contributed by atoms with Crippen molar-refractivity contribution >= 4 is 73.9 Å². The van der Waals surface area contributed by atoms with E-state index in [0.717, 1.165) is 11.1 Å². The quantitative estimate of drug-likeness (QED) is 0.0813. The van der Waals surface area contributed by atoms with Gasteiger partial charge in [0.2, 0.25) is 0 Å². The van der Waals surface area contributed by atoms with Crippen LogP contribution in [0.4, 0.5) is 9.93 Å². The molecule has 2 aliphatic rings. The van der Waals surface area contributed by atoms with Gasteiger partial charge in [0.05, 0.1) is 10.2 Å². The lowest BCUT2D eigenvalue weighted by Crippen LogP contribution is -2.74. The van der Waals surface area contributed by atoms with E-state index in [0.29, 0.717) is 26.7 Å². The summed E-state index contributed by atoms with van der Waals surface area (Å²) >= 11 is 8.81. The molecule has 6 N–H and O–H groups in total. The molecule has 15 heteroatoms. The van der Waals surface area contributed by atoms with Gasteiger partial charge in [-0.25, -0.2) is 14.6 Å². The Hall–Kier alpha value is -4.63. The minimum Gasteiger partial charge on any atom is -0.448 e. The van der Waals surface area contributed by atoms with Crippen molar-refractivity contribution in [1.29, 1.82) is 0 Å². The number of hydrogen-bond donors (Lipinski definition) is 4. The number of fused-ring (bicyclic) bond motifs is 2. The highest BCUT2D eigenvalue weighted by Crippen LogP contribution is 2.42. The zero-order valence-corrected chi connectivity index (χ0v) is 29.7. The zero-order chi connectivity index (χ0) is 35.8. The summed E-state index contributed by atoms with van der Waals surface area (Å²) in [6.07, 6.45) is -1.70. The Morgan fingerprint density at radius 2 is 1.68 bits per heavy atom. The molecule has 1 aromatic heterocycles. The van der Waals surface area contributed by atoms with Crippen LogP contribution in [0.1, 0.15) is 43.6 Å². The van der Waals surface area contributed by atoms with Crippen LogP contribution in [0, 0.1) is 0 Å². The molecule has 0 spiro atoms. The highest BCUT2D eigenvalue weighted by Gasteiger charge is 2.56.